The number of morpholine rings is 1. The molecule has 5 nitrogen and oxygen atoms in total. The zero-order valence-electron chi connectivity index (χ0n) is 14.5. The molecule has 26 heavy (non-hydrogen) atoms. The predicted molar refractivity (Wildman–Crippen MR) is 105 cm³/mol. The number of halogens is 1. The van der Waals surface area contributed by atoms with Gasteiger partial charge in [0, 0.05) is 37.2 Å². The quantitative estimate of drug-likeness (QED) is 0.761. The Morgan fingerprint density at radius 1 is 1.12 bits per heavy atom. The molecule has 1 fully saturated rings. The molecule has 1 aromatic heterocycles. The number of para-hydroxylation sites is 2. The number of nitrogens with zero attached hydrogens (tertiary/aromatic N) is 2. The summed E-state index contributed by atoms with van der Waals surface area (Å²) in [6.07, 6.45) is 1.86. The van der Waals surface area contributed by atoms with Crippen molar-refractivity contribution in [2.24, 2.45) is 7.05 Å². The normalized spacial score (nSPS) is 14.6. The first kappa shape index (κ1) is 16.9. The molecule has 0 aliphatic carbocycles. The summed E-state index contributed by atoms with van der Waals surface area (Å²) in [6, 6.07) is 13.5. The van der Waals surface area contributed by atoms with Gasteiger partial charge < -0.3 is 19.5 Å². The lowest BCUT2D eigenvalue weighted by molar-refractivity contribution is 0.102. The van der Waals surface area contributed by atoms with Gasteiger partial charge >= 0.3 is 0 Å². The van der Waals surface area contributed by atoms with Crippen molar-refractivity contribution < 1.29 is 9.53 Å². The van der Waals surface area contributed by atoms with Gasteiger partial charge in [-0.05, 0) is 18.2 Å². The Morgan fingerprint density at radius 3 is 2.69 bits per heavy atom. The van der Waals surface area contributed by atoms with Crippen LogP contribution in [0.25, 0.3) is 10.9 Å². The Hall–Kier alpha value is -2.50. The lowest BCUT2D eigenvalue weighted by Gasteiger charge is -2.31. The molecule has 0 atom stereocenters. The van der Waals surface area contributed by atoms with Crippen LogP contribution >= 0.6 is 11.6 Å². The second-order valence-electron chi connectivity index (χ2n) is 6.36. The fourth-order valence-electron chi connectivity index (χ4n) is 3.44. The van der Waals surface area contributed by atoms with Crippen LogP contribution in [0.1, 0.15) is 10.4 Å². The third-order valence-electron chi connectivity index (χ3n) is 4.70. The van der Waals surface area contributed by atoms with E-state index in [0.29, 0.717) is 23.8 Å². The minimum atomic E-state index is -0.140. The third-order valence-corrected chi connectivity index (χ3v) is 5.01. The smallest absolute Gasteiger partial charge is 0.257 e. The molecule has 1 aliphatic heterocycles. The summed E-state index contributed by atoms with van der Waals surface area (Å²) in [6.45, 7) is 2.81. The average Bonchev–Trinajstić information content (AvgIpc) is 3.00. The number of aryl methyl sites for hydroxylation is 1. The average molecular weight is 370 g/mol. The van der Waals surface area contributed by atoms with Crippen LogP contribution < -0.4 is 10.2 Å². The van der Waals surface area contributed by atoms with E-state index >= 15 is 0 Å². The van der Waals surface area contributed by atoms with Gasteiger partial charge in [0.05, 0.1) is 35.2 Å². The number of fused-ring (bicyclic) bond motifs is 1. The molecular weight excluding hydrogens is 350 g/mol. The molecule has 0 saturated carbocycles. The molecule has 4 rings (SSSR count). The van der Waals surface area contributed by atoms with Crippen LogP contribution in [-0.4, -0.2) is 36.8 Å². The Labute approximate surface area is 157 Å². The van der Waals surface area contributed by atoms with Crippen molar-refractivity contribution in [1.82, 2.24) is 4.57 Å². The first-order valence-electron chi connectivity index (χ1n) is 8.62. The van der Waals surface area contributed by atoms with Gasteiger partial charge in [-0.1, -0.05) is 35.9 Å². The Morgan fingerprint density at radius 2 is 1.88 bits per heavy atom. The maximum Gasteiger partial charge on any atom is 0.257 e. The zero-order chi connectivity index (χ0) is 18.1. The van der Waals surface area contributed by atoms with Gasteiger partial charge in [-0.25, -0.2) is 0 Å². The number of rotatable bonds is 3. The molecule has 2 heterocycles. The summed E-state index contributed by atoms with van der Waals surface area (Å²) in [7, 11) is 1.94. The summed E-state index contributed by atoms with van der Waals surface area (Å²) < 4.78 is 7.39. The van der Waals surface area contributed by atoms with Gasteiger partial charge in [0.25, 0.3) is 5.91 Å². The van der Waals surface area contributed by atoms with E-state index in [9.17, 15) is 4.79 Å². The van der Waals surface area contributed by atoms with Gasteiger partial charge in [-0.15, -0.1) is 0 Å². The Kier molecular flexibility index (Phi) is 4.57. The first-order chi connectivity index (χ1) is 12.6. The summed E-state index contributed by atoms with van der Waals surface area (Å²) in [5.41, 5.74) is 3.25. The van der Waals surface area contributed by atoms with Crippen LogP contribution in [-0.2, 0) is 11.8 Å². The van der Waals surface area contributed by atoms with E-state index in [-0.39, 0.29) is 5.91 Å². The van der Waals surface area contributed by atoms with Crippen molar-refractivity contribution in [3.8, 4) is 0 Å². The first-order valence-corrected chi connectivity index (χ1v) is 8.99. The molecule has 1 saturated heterocycles. The van der Waals surface area contributed by atoms with E-state index in [1.165, 1.54) is 0 Å². The van der Waals surface area contributed by atoms with Crippen LogP contribution in [0.2, 0.25) is 5.02 Å². The SMILES string of the molecule is Cn1cc(C(=O)Nc2cccc(Cl)c2N2CCOCC2)c2ccccc21. The fraction of sp³-hybridized carbons (Fsp3) is 0.250. The van der Waals surface area contributed by atoms with Crippen LogP contribution in [0.15, 0.2) is 48.7 Å². The summed E-state index contributed by atoms with van der Waals surface area (Å²) in [4.78, 5) is 15.1. The van der Waals surface area contributed by atoms with Gasteiger partial charge in [0.15, 0.2) is 0 Å². The number of benzene rings is 2. The molecule has 0 spiro atoms. The molecule has 0 radical (unpaired) electrons. The van der Waals surface area contributed by atoms with Crippen molar-refractivity contribution in [1.29, 1.82) is 0 Å². The summed E-state index contributed by atoms with van der Waals surface area (Å²) >= 11 is 6.45. The monoisotopic (exact) mass is 369 g/mol. The van der Waals surface area contributed by atoms with Crippen LogP contribution in [0, 0.1) is 0 Å². The molecule has 1 amide bonds. The van der Waals surface area contributed by atoms with E-state index < -0.39 is 0 Å². The van der Waals surface area contributed by atoms with E-state index in [2.05, 4.69) is 10.2 Å². The number of hydrogen-bond donors (Lipinski definition) is 1. The number of anilines is 2. The molecule has 6 heteroatoms. The Balaban J connectivity index is 1.68. The molecule has 2 aromatic carbocycles. The maximum atomic E-state index is 13.0. The van der Waals surface area contributed by atoms with Crippen molar-refractivity contribution in [3.63, 3.8) is 0 Å². The maximum absolute atomic E-state index is 13.0. The van der Waals surface area contributed by atoms with Crippen molar-refractivity contribution >= 4 is 39.8 Å². The minimum Gasteiger partial charge on any atom is -0.378 e. The number of aromatic nitrogens is 1. The lowest BCUT2D eigenvalue weighted by atomic mass is 10.1. The van der Waals surface area contributed by atoms with Gasteiger partial charge in [-0.2, -0.15) is 0 Å². The van der Waals surface area contributed by atoms with Crippen LogP contribution in [0.3, 0.4) is 0 Å². The Bertz CT molecular complexity index is 961. The van der Waals surface area contributed by atoms with Crippen LogP contribution in [0.5, 0.6) is 0 Å². The van der Waals surface area contributed by atoms with E-state index in [1.54, 1.807) is 0 Å². The van der Waals surface area contributed by atoms with Crippen LogP contribution in [0.4, 0.5) is 11.4 Å². The molecule has 134 valence electrons. The van der Waals surface area contributed by atoms with Crippen molar-refractivity contribution in [3.05, 3.63) is 59.2 Å². The highest BCUT2D eigenvalue weighted by Crippen LogP contribution is 2.35. The number of carbonyl (C=O) groups excluding carboxylic acids is 1. The number of ether oxygens (including phenoxy) is 1. The minimum absolute atomic E-state index is 0.140. The highest BCUT2D eigenvalue weighted by Gasteiger charge is 2.20. The van der Waals surface area contributed by atoms with E-state index in [4.69, 9.17) is 16.3 Å². The molecule has 3 aromatic rings. The zero-order valence-corrected chi connectivity index (χ0v) is 15.3. The van der Waals surface area contributed by atoms with Crippen molar-refractivity contribution in [2.45, 2.75) is 0 Å². The number of carbonyl (C=O) groups is 1. The number of hydrogen-bond acceptors (Lipinski definition) is 3. The largest absolute Gasteiger partial charge is 0.378 e. The fourth-order valence-corrected chi connectivity index (χ4v) is 3.73. The lowest BCUT2D eigenvalue weighted by Crippen LogP contribution is -2.37. The van der Waals surface area contributed by atoms with Gasteiger partial charge in [-0.3, -0.25) is 4.79 Å². The summed E-state index contributed by atoms with van der Waals surface area (Å²) in [5.74, 6) is -0.140. The second-order valence-corrected chi connectivity index (χ2v) is 6.77. The number of amides is 1. The van der Waals surface area contributed by atoms with Crippen molar-refractivity contribution in [2.75, 3.05) is 36.5 Å². The highest BCUT2D eigenvalue weighted by molar-refractivity contribution is 6.34. The predicted octanol–water partition coefficient (Wildman–Crippen LogP) is 3.92. The molecule has 1 N–H and O–H groups in total. The summed E-state index contributed by atoms with van der Waals surface area (Å²) in [5, 5.41) is 4.61. The third kappa shape index (κ3) is 3.04. The second kappa shape index (κ2) is 7.02. The van der Waals surface area contributed by atoms with E-state index in [0.717, 1.165) is 35.4 Å². The van der Waals surface area contributed by atoms with E-state index in [1.807, 2.05) is 60.3 Å². The molecular formula is C20H20ClN3O2. The highest BCUT2D eigenvalue weighted by atomic mass is 35.5. The molecule has 0 bridgehead atoms. The topological polar surface area (TPSA) is 46.5 Å². The molecule has 0 unspecified atom stereocenters. The number of nitrogens with one attached hydrogen (secondary N) is 1. The van der Waals surface area contributed by atoms with Gasteiger partial charge in [0.2, 0.25) is 0 Å². The van der Waals surface area contributed by atoms with Gasteiger partial charge in [0.1, 0.15) is 0 Å². The molecule has 1 aliphatic rings. The standard InChI is InChI=1S/C20H20ClN3O2/c1-23-13-15(14-5-2-3-8-18(14)23)20(25)22-17-7-4-6-16(21)19(17)24-9-11-26-12-10-24/h2-8,13H,9-12H2,1H3,(H,22,25).